The molecule has 1 amide bonds. The molecule has 8 heteroatoms. The van der Waals surface area contributed by atoms with Crippen molar-refractivity contribution in [2.24, 2.45) is 0 Å². The summed E-state index contributed by atoms with van der Waals surface area (Å²) in [5.74, 6) is -0.192. The van der Waals surface area contributed by atoms with Gasteiger partial charge in [0.2, 0.25) is 10.0 Å². The molecule has 0 aliphatic heterocycles. The van der Waals surface area contributed by atoms with Crippen LogP contribution in [0.25, 0.3) is 0 Å². The number of aromatic nitrogens is 1. The third-order valence-corrected chi connectivity index (χ3v) is 6.13. The van der Waals surface area contributed by atoms with Crippen molar-refractivity contribution >= 4 is 27.3 Å². The van der Waals surface area contributed by atoms with E-state index in [1.165, 1.54) is 18.4 Å². The highest BCUT2D eigenvalue weighted by atomic mass is 32.2. The molecule has 2 N–H and O–H groups in total. The molecule has 0 atom stereocenters. The predicted molar refractivity (Wildman–Crippen MR) is 95.5 cm³/mol. The van der Waals surface area contributed by atoms with Crippen LogP contribution in [0, 0.1) is 6.92 Å². The molecule has 6 nitrogen and oxygen atoms in total. The van der Waals surface area contributed by atoms with Gasteiger partial charge in [-0.3, -0.25) is 4.79 Å². The van der Waals surface area contributed by atoms with E-state index in [0.29, 0.717) is 17.0 Å². The average Bonchev–Trinajstić information content (AvgIpc) is 2.95. The normalized spacial score (nSPS) is 11.5. The van der Waals surface area contributed by atoms with Crippen molar-refractivity contribution in [1.82, 2.24) is 15.0 Å². The van der Waals surface area contributed by atoms with Crippen LogP contribution in [0.2, 0.25) is 0 Å². The number of sulfonamides is 1. The van der Waals surface area contributed by atoms with Gasteiger partial charge in [0.25, 0.3) is 5.91 Å². The fourth-order valence-corrected chi connectivity index (χ4v) is 3.82. The van der Waals surface area contributed by atoms with Gasteiger partial charge in [0.15, 0.2) is 0 Å². The van der Waals surface area contributed by atoms with Crippen molar-refractivity contribution in [2.75, 3.05) is 7.05 Å². The first kappa shape index (κ1) is 18.6. The molecule has 0 aliphatic rings. The Kier molecular flexibility index (Phi) is 6.09. The number of hydrogen-bond donors (Lipinski definition) is 2. The Hall–Kier alpha value is -1.77. The fourth-order valence-electron chi connectivity index (χ4n) is 2.12. The molecule has 130 valence electrons. The summed E-state index contributed by atoms with van der Waals surface area (Å²) < 4.78 is 25.3. The third kappa shape index (κ3) is 4.86. The molecule has 2 aromatic rings. The summed E-state index contributed by atoms with van der Waals surface area (Å²) in [6, 6.07) is 7.14. The van der Waals surface area contributed by atoms with Crippen molar-refractivity contribution in [1.29, 1.82) is 0 Å². The van der Waals surface area contributed by atoms with Crippen LogP contribution in [0.15, 0.2) is 24.3 Å². The van der Waals surface area contributed by atoms with E-state index in [1.54, 1.807) is 12.1 Å². The van der Waals surface area contributed by atoms with E-state index >= 15 is 0 Å². The van der Waals surface area contributed by atoms with Crippen LogP contribution in [0.1, 0.15) is 38.4 Å². The van der Waals surface area contributed by atoms with Crippen LogP contribution in [0.4, 0.5) is 0 Å². The van der Waals surface area contributed by atoms with Gasteiger partial charge in [0.1, 0.15) is 4.88 Å². The third-order valence-electron chi connectivity index (χ3n) is 3.49. The van der Waals surface area contributed by atoms with Crippen molar-refractivity contribution in [3.63, 3.8) is 0 Å². The molecule has 0 radical (unpaired) electrons. The summed E-state index contributed by atoms with van der Waals surface area (Å²) in [7, 11) is -1.88. The number of nitrogens with zero attached hydrogens (tertiary/aromatic N) is 1. The molecule has 0 saturated carbocycles. The van der Waals surface area contributed by atoms with Crippen LogP contribution in [-0.2, 0) is 28.7 Å². The first-order valence-corrected chi connectivity index (χ1v) is 10.0. The Morgan fingerprint density at radius 3 is 2.38 bits per heavy atom. The van der Waals surface area contributed by atoms with Gasteiger partial charge in [-0.25, -0.2) is 18.1 Å². The van der Waals surface area contributed by atoms with Gasteiger partial charge in [0, 0.05) is 6.54 Å². The van der Waals surface area contributed by atoms with Gasteiger partial charge in [-0.1, -0.05) is 31.2 Å². The van der Waals surface area contributed by atoms with E-state index in [0.717, 1.165) is 22.7 Å². The van der Waals surface area contributed by atoms with Gasteiger partial charge in [-0.15, -0.1) is 11.3 Å². The average molecular weight is 367 g/mol. The minimum absolute atomic E-state index is 0.0595. The second-order valence-corrected chi connectivity index (χ2v) is 8.35. The zero-order chi connectivity index (χ0) is 17.7. The Morgan fingerprint density at radius 1 is 1.21 bits per heavy atom. The molecule has 0 saturated heterocycles. The molecule has 1 aromatic carbocycles. The lowest BCUT2D eigenvalue weighted by Crippen LogP contribution is -2.22. The Bertz CT molecular complexity index is 812. The lowest BCUT2D eigenvalue weighted by Gasteiger charge is -2.06. The molecule has 0 bridgehead atoms. The zero-order valence-corrected chi connectivity index (χ0v) is 15.6. The summed E-state index contributed by atoms with van der Waals surface area (Å²) in [5, 5.41) is 3.82. The standard InChI is InChI=1S/C16H21N3O3S2/c1-4-14-19-11(2)15(23-14)16(20)18-9-12-5-7-13(8-6-12)10-24(21,22)17-3/h5-8,17H,4,9-10H2,1-3H3,(H,18,20). The number of amides is 1. The lowest BCUT2D eigenvalue weighted by molar-refractivity contribution is 0.0954. The fraction of sp³-hybridized carbons (Fsp3) is 0.375. The van der Waals surface area contributed by atoms with Gasteiger partial charge in [0.05, 0.1) is 16.5 Å². The molecule has 0 aliphatic carbocycles. The maximum absolute atomic E-state index is 12.2. The lowest BCUT2D eigenvalue weighted by atomic mass is 10.1. The molecule has 0 unspecified atom stereocenters. The Morgan fingerprint density at radius 2 is 1.83 bits per heavy atom. The van der Waals surface area contributed by atoms with Gasteiger partial charge >= 0.3 is 0 Å². The SMILES string of the molecule is CCc1nc(C)c(C(=O)NCc2ccc(CS(=O)(=O)NC)cc2)s1. The van der Waals surface area contributed by atoms with Crippen molar-refractivity contribution in [3.05, 3.63) is 51.0 Å². The van der Waals surface area contributed by atoms with Crippen molar-refractivity contribution < 1.29 is 13.2 Å². The van der Waals surface area contributed by atoms with Gasteiger partial charge in [-0.05, 0) is 31.5 Å². The van der Waals surface area contributed by atoms with Crippen molar-refractivity contribution in [3.8, 4) is 0 Å². The van der Waals surface area contributed by atoms with E-state index in [1.807, 2.05) is 26.0 Å². The first-order valence-electron chi connectivity index (χ1n) is 7.58. The van der Waals surface area contributed by atoms with Gasteiger partial charge in [-0.2, -0.15) is 0 Å². The molecular formula is C16H21N3O3S2. The topological polar surface area (TPSA) is 88.2 Å². The van der Waals surface area contributed by atoms with Gasteiger partial charge < -0.3 is 5.32 Å². The van der Waals surface area contributed by atoms with E-state index < -0.39 is 10.0 Å². The number of aryl methyl sites for hydroxylation is 2. The maximum atomic E-state index is 12.2. The van der Waals surface area contributed by atoms with Crippen LogP contribution in [0.3, 0.4) is 0 Å². The molecule has 0 fully saturated rings. The van der Waals surface area contributed by atoms with Crippen LogP contribution in [-0.4, -0.2) is 26.4 Å². The second-order valence-electron chi connectivity index (χ2n) is 5.34. The zero-order valence-electron chi connectivity index (χ0n) is 13.9. The number of hydrogen-bond acceptors (Lipinski definition) is 5. The Labute approximate surface area is 146 Å². The predicted octanol–water partition coefficient (Wildman–Crippen LogP) is 1.99. The molecule has 1 aromatic heterocycles. The Balaban J connectivity index is 1.97. The number of benzene rings is 1. The number of thiazole rings is 1. The molecule has 1 heterocycles. The van der Waals surface area contributed by atoms with E-state index in [4.69, 9.17) is 0 Å². The highest BCUT2D eigenvalue weighted by molar-refractivity contribution is 7.88. The summed E-state index contributed by atoms with van der Waals surface area (Å²) in [4.78, 5) is 17.2. The first-order chi connectivity index (χ1) is 11.3. The summed E-state index contributed by atoms with van der Waals surface area (Å²) in [5.41, 5.74) is 2.36. The smallest absolute Gasteiger partial charge is 0.263 e. The highest BCUT2D eigenvalue weighted by Gasteiger charge is 2.14. The summed E-state index contributed by atoms with van der Waals surface area (Å²) >= 11 is 1.42. The number of rotatable bonds is 7. The van der Waals surface area contributed by atoms with Crippen LogP contribution >= 0.6 is 11.3 Å². The molecule has 0 spiro atoms. The summed E-state index contributed by atoms with van der Waals surface area (Å²) in [6.45, 7) is 4.23. The number of carbonyl (C=O) groups is 1. The minimum Gasteiger partial charge on any atom is -0.347 e. The van der Waals surface area contributed by atoms with Crippen LogP contribution < -0.4 is 10.0 Å². The highest BCUT2D eigenvalue weighted by Crippen LogP contribution is 2.18. The van der Waals surface area contributed by atoms with Crippen molar-refractivity contribution in [2.45, 2.75) is 32.6 Å². The number of nitrogens with one attached hydrogen (secondary N) is 2. The van der Waals surface area contributed by atoms with E-state index in [2.05, 4.69) is 15.0 Å². The van der Waals surface area contributed by atoms with Crippen LogP contribution in [0.5, 0.6) is 0 Å². The monoisotopic (exact) mass is 367 g/mol. The quantitative estimate of drug-likeness (QED) is 0.783. The molecule has 2 rings (SSSR count). The number of carbonyl (C=O) groups excluding carboxylic acids is 1. The molecule has 24 heavy (non-hydrogen) atoms. The van der Waals surface area contributed by atoms with E-state index in [9.17, 15) is 13.2 Å². The summed E-state index contributed by atoms with van der Waals surface area (Å²) in [6.07, 6.45) is 0.815. The van der Waals surface area contributed by atoms with E-state index in [-0.39, 0.29) is 11.7 Å². The second kappa shape index (κ2) is 7.87. The largest absolute Gasteiger partial charge is 0.347 e. The molecular weight excluding hydrogens is 346 g/mol. The minimum atomic E-state index is -3.28. The maximum Gasteiger partial charge on any atom is 0.263 e.